The van der Waals surface area contributed by atoms with Gasteiger partial charge in [-0.2, -0.15) is 0 Å². The summed E-state index contributed by atoms with van der Waals surface area (Å²) < 4.78 is 5.54. The van der Waals surface area contributed by atoms with E-state index in [1.54, 1.807) is 12.1 Å². The minimum atomic E-state index is -0.782. The molecule has 1 aliphatic carbocycles. The lowest BCUT2D eigenvalue weighted by Gasteiger charge is -2.27. The Morgan fingerprint density at radius 1 is 1.09 bits per heavy atom. The van der Waals surface area contributed by atoms with Crippen molar-refractivity contribution < 1.29 is 24.5 Å². The maximum atomic E-state index is 13.2. The SMILES string of the molecule is CCOc1cc(C2/C(=C(\O)c3ccc4c(c3)CCCC4)C(=O)C(=O)N2CCN(C)C)ccc1O. The highest BCUT2D eigenvalue weighted by atomic mass is 16.5. The summed E-state index contributed by atoms with van der Waals surface area (Å²) in [5.74, 6) is -1.27. The van der Waals surface area contributed by atoms with Crippen molar-refractivity contribution >= 4 is 17.4 Å². The van der Waals surface area contributed by atoms with E-state index in [-0.39, 0.29) is 22.8 Å². The van der Waals surface area contributed by atoms with Crippen LogP contribution in [0.5, 0.6) is 11.5 Å². The second kappa shape index (κ2) is 9.89. The number of ether oxygens (including phenoxy) is 1. The number of rotatable bonds is 7. The van der Waals surface area contributed by atoms with Crippen LogP contribution in [0.3, 0.4) is 0 Å². The van der Waals surface area contributed by atoms with Crippen molar-refractivity contribution in [2.24, 2.45) is 0 Å². The van der Waals surface area contributed by atoms with Gasteiger partial charge in [0.2, 0.25) is 0 Å². The van der Waals surface area contributed by atoms with Gasteiger partial charge < -0.3 is 24.7 Å². The molecule has 1 saturated heterocycles. The van der Waals surface area contributed by atoms with Crippen LogP contribution in [0.4, 0.5) is 0 Å². The molecule has 1 fully saturated rings. The van der Waals surface area contributed by atoms with Gasteiger partial charge in [0.15, 0.2) is 11.5 Å². The molecule has 0 spiro atoms. The number of phenolic OH excluding ortho intramolecular Hbond substituents is 1. The third kappa shape index (κ3) is 4.53. The average Bonchev–Trinajstić information content (AvgIpc) is 3.08. The molecule has 7 heteroatoms. The maximum Gasteiger partial charge on any atom is 0.295 e. The number of aryl methyl sites for hydroxylation is 2. The van der Waals surface area contributed by atoms with E-state index in [2.05, 4.69) is 0 Å². The zero-order valence-corrected chi connectivity index (χ0v) is 20.0. The second-order valence-corrected chi connectivity index (χ2v) is 9.15. The van der Waals surface area contributed by atoms with Crippen molar-refractivity contribution in [3.63, 3.8) is 0 Å². The third-order valence-electron chi connectivity index (χ3n) is 6.55. The first-order valence-electron chi connectivity index (χ1n) is 11.8. The van der Waals surface area contributed by atoms with E-state index in [0.717, 1.165) is 25.7 Å². The first-order valence-corrected chi connectivity index (χ1v) is 11.8. The molecule has 0 aromatic heterocycles. The number of aliphatic hydroxyl groups is 1. The number of likely N-dealkylation sites (tertiary alicyclic amines) is 1. The molecule has 1 amide bonds. The highest BCUT2D eigenvalue weighted by molar-refractivity contribution is 6.46. The molecular formula is C27H32N2O5. The van der Waals surface area contributed by atoms with Gasteiger partial charge in [0.05, 0.1) is 18.2 Å². The van der Waals surface area contributed by atoms with Crippen LogP contribution in [-0.2, 0) is 22.4 Å². The lowest BCUT2D eigenvalue weighted by atomic mass is 9.88. The van der Waals surface area contributed by atoms with Gasteiger partial charge in [-0.15, -0.1) is 0 Å². The van der Waals surface area contributed by atoms with Crippen molar-refractivity contribution in [2.45, 2.75) is 38.6 Å². The zero-order chi connectivity index (χ0) is 24.4. The van der Waals surface area contributed by atoms with Gasteiger partial charge in [-0.3, -0.25) is 9.59 Å². The molecule has 2 aromatic carbocycles. The fourth-order valence-corrected chi connectivity index (χ4v) is 4.77. The first kappa shape index (κ1) is 23.8. The molecule has 0 radical (unpaired) electrons. The number of Topliss-reactive ketones (excluding diaryl/α,β-unsaturated/α-hetero) is 1. The molecule has 2 aliphatic rings. The van der Waals surface area contributed by atoms with E-state index >= 15 is 0 Å². The molecule has 2 N–H and O–H groups in total. The molecule has 1 aliphatic heterocycles. The molecule has 0 saturated carbocycles. The number of carbonyl (C=O) groups excluding carboxylic acids is 2. The Hall–Kier alpha value is -3.32. The number of benzene rings is 2. The number of aliphatic hydroxyl groups excluding tert-OH is 1. The minimum absolute atomic E-state index is 0.0227. The number of amides is 1. The Labute approximate surface area is 200 Å². The summed E-state index contributed by atoms with van der Waals surface area (Å²) in [5, 5.41) is 21.5. The molecule has 0 bridgehead atoms. The van der Waals surface area contributed by atoms with Crippen LogP contribution in [0.15, 0.2) is 42.0 Å². The molecule has 7 nitrogen and oxygen atoms in total. The predicted octanol–water partition coefficient (Wildman–Crippen LogP) is 3.65. The minimum Gasteiger partial charge on any atom is -0.507 e. The number of phenols is 1. The van der Waals surface area contributed by atoms with Crippen LogP contribution in [0, 0.1) is 0 Å². The fraction of sp³-hybridized carbons (Fsp3) is 0.407. The first-order chi connectivity index (χ1) is 16.3. The number of hydrogen-bond donors (Lipinski definition) is 2. The number of carbonyl (C=O) groups is 2. The van der Waals surface area contributed by atoms with Crippen LogP contribution >= 0.6 is 0 Å². The van der Waals surface area contributed by atoms with Gasteiger partial charge in [0.1, 0.15) is 5.76 Å². The van der Waals surface area contributed by atoms with Crippen molar-refractivity contribution in [2.75, 3.05) is 33.8 Å². The van der Waals surface area contributed by atoms with Crippen LogP contribution in [0.1, 0.15) is 48.1 Å². The zero-order valence-electron chi connectivity index (χ0n) is 20.0. The standard InChI is InChI=1S/C27H32N2O5/c1-4-34-22-16-19(11-12-21(22)30)24-23(26(32)27(33)29(24)14-13-28(2)3)25(31)20-10-9-17-7-5-6-8-18(17)15-20/h9-12,15-16,24,30-31H,4-8,13-14H2,1-3H3/b25-23+. The quantitative estimate of drug-likeness (QED) is 0.369. The lowest BCUT2D eigenvalue weighted by molar-refractivity contribution is -0.140. The number of likely N-dealkylation sites (N-methyl/N-ethyl adjacent to an activating group) is 1. The van der Waals surface area contributed by atoms with Crippen molar-refractivity contribution in [3.05, 3.63) is 64.2 Å². The number of hydrogen-bond acceptors (Lipinski definition) is 6. The maximum absolute atomic E-state index is 13.2. The number of aromatic hydroxyl groups is 1. The van der Waals surface area contributed by atoms with Gasteiger partial charge >= 0.3 is 0 Å². The summed E-state index contributed by atoms with van der Waals surface area (Å²) in [7, 11) is 3.79. The summed E-state index contributed by atoms with van der Waals surface area (Å²) in [6.45, 7) is 3.03. The molecular weight excluding hydrogens is 432 g/mol. The molecule has 180 valence electrons. The largest absolute Gasteiger partial charge is 0.507 e. The number of ketones is 1. The van der Waals surface area contributed by atoms with Crippen LogP contribution in [0.2, 0.25) is 0 Å². The van der Waals surface area contributed by atoms with Gasteiger partial charge in [-0.25, -0.2) is 0 Å². The summed E-state index contributed by atoms with van der Waals surface area (Å²) in [6, 6.07) is 9.79. The summed E-state index contributed by atoms with van der Waals surface area (Å²) >= 11 is 0. The van der Waals surface area contributed by atoms with Crippen molar-refractivity contribution in [1.29, 1.82) is 0 Å². The fourth-order valence-electron chi connectivity index (χ4n) is 4.77. The summed E-state index contributed by atoms with van der Waals surface area (Å²) in [5.41, 5.74) is 3.65. The van der Waals surface area contributed by atoms with E-state index in [1.165, 1.54) is 22.1 Å². The highest BCUT2D eigenvalue weighted by Crippen LogP contribution is 2.42. The molecule has 1 heterocycles. The number of nitrogens with zero attached hydrogens (tertiary/aromatic N) is 2. The molecule has 1 atom stereocenters. The Morgan fingerprint density at radius 2 is 1.82 bits per heavy atom. The normalized spacial score (nSPS) is 19.5. The Kier molecular flexibility index (Phi) is 6.93. The topological polar surface area (TPSA) is 90.3 Å². The third-order valence-corrected chi connectivity index (χ3v) is 6.55. The highest BCUT2D eigenvalue weighted by Gasteiger charge is 2.46. The predicted molar refractivity (Wildman–Crippen MR) is 130 cm³/mol. The van der Waals surface area contributed by atoms with Crippen LogP contribution in [0.25, 0.3) is 5.76 Å². The second-order valence-electron chi connectivity index (χ2n) is 9.15. The molecule has 2 aromatic rings. The lowest BCUT2D eigenvalue weighted by Crippen LogP contribution is -2.35. The van der Waals surface area contributed by atoms with Crippen LogP contribution < -0.4 is 4.74 Å². The Bertz CT molecular complexity index is 1140. The van der Waals surface area contributed by atoms with E-state index in [4.69, 9.17) is 4.74 Å². The van der Waals surface area contributed by atoms with Gasteiger partial charge in [-0.1, -0.05) is 18.2 Å². The average molecular weight is 465 g/mol. The summed E-state index contributed by atoms with van der Waals surface area (Å²) in [6.07, 6.45) is 4.20. The molecule has 4 rings (SSSR count). The van der Waals surface area contributed by atoms with E-state index < -0.39 is 17.7 Å². The Balaban J connectivity index is 1.84. The number of fused-ring (bicyclic) bond motifs is 1. The van der Waals surface area contributed by atoms with Crippen molar-refractivity contribution in [3.8, 4) is 11.5 Å². The van der Waals surface area contributed by atoms with Gasteiger partial charge in [0, 0.05) is 18.7 Å². The van der Waals surface area contributed by atoms with Crippen LogP contribution in [-0.4, -0.2) is 65.5 Å². The van der Waals surface area contributed by atoms with E-state index in [9.17, 15) is 19.8 Å². The smallest absolute Gasteiger partial charge is 0.295 e. The summed E-state index contributed by atoms with van der Waals surface area (Å²) in [4.78, 5) is 29.7. The van der Waals surface area contributed by atoms with Gasteiger partial charge in [0.25, 0.3) is 11.7 Å². The Morgan fingerprint density at radius 3 is 2.53 bits per heavy atom. The van der Waals surface area contributed by atoms with E-state index in [1.807, 2.05) is 44.1 Å². The molecule has 34 heavy (non-hydrogen) atoms. The monoisotopic (exact) mass is 464 g/mol. The van der Waals surface area contributed by atoms with E-state index in [0.29, 0.717) is 30.8 Å². The van der Waals surface area contributed by atoms with Gasteiger partial charge in [-0.05, 0) is 81.6 Å². The van der Waals surface area contributed by atoms with Crippen molar-refractivity contribution in [1.82, 2.24) is 9.80 Å². The molecule has 1 unspecified atom stereocenters.